The van der Waals surface area contributed by atoms with Crippen molar-refractivity contribution < 1.29 is 9.18 Å². The Labute approximate surface area is 139 Å². The van der Waals surface area contributed by atoms with Gasteiger partial charge in [0.1, 0.15) is 0 Å². The Morgan fingerprint density at radius 3 is 1.82 bits per heavy atom. The van der Waals surface area contributed by atoms with Crippen molar-refractivity contribution in [1.29, 1.82) is 0 Å². The molecule has 124 valence electrons. The molecule has 0 unspecified atom stereocenters. The van der Waals surface area contributed by atoms with Gasteiger partial charge in [0.2, 0.25) is 0 Å². The van der Waals surface area contributed by atoms with Crippen molar-refractivity contribution in [3.05, 3.63) is 29.6 Å². The van der Waals surface area contributed by atoms with E-state index in [-0.39, 0.29) is 11.4 Å². The third kappa shape index (κ3) is 5.36. The van der Waals surface area contributed by atoms with Crippen LogP contribution < -0.4 is 3.58 Å². The third-order valence-corrected chi connectivity index (χ3v) is 20.4. The van der Waals surface area contributed by atoms with Gasteiger partial charge in [-0.05, 0) is 0 Å². The molecule has 0 spiro atoms. The molecule has 0 N–H and O–H groups in total. The SMILES string of the molecule is CCC[CH2][Sn]([CH2]CCC)([CH2]CCC)[c]1ccc(C=O)c(F)c1. The van der Waals surface area contributed by atoms with Crippen molar-refractivity contribution in [2.75, 3.05) is 0 Å². The molecule has 0 aliphatic rings. The van der Waals surface area contributed by atoms with E-state index >= 15 is 0 Å². The number of hydrogen-bond acceptors (Lipinski definition) is 1. The summed E-state index contributed by atoms with van der Waals surface area (Å²) in [4.78, 5) is 10.9. The molecule has 22 heavy (non-hydrogen) atoms. The molecular formula is C19H31FOSn. The average molecular weight is 413 g/mol. The Bertz CT molecular complexity index is 437. The molecule has 0 atom stereocenters. The van der Waals surface area contributed by atoms with Gasteiger partial charge in [0.05, 0.1) is 0 Å². The number of halogens is 1. The van der Waals surface area contributed by atoms with Crippen LogP contribution in [0.5, 0.6) is 0 Å². The number of carbonyl (C=O) groups is 1. The summed E-state index contributed by atoms with van der Waals surface area (Å²) in [5.74, 6) is -0.321. The first kappa shape index (κ1) is 19.7. The van der Waals surface area contributed by atoms with E-state index in [9.17, 15) is 9.18 Å². The van der Waals surface area contributed by atoms with E-state index in [1.54, 1.807) is 12.1 Å². The van der Waals surface area contributed by atoms with Crippen molar-refractivity contribution >= 4 is 28.2 Å². The fraction of sp³-hybridized carbons (Fsp3) is 0.632. The van der Waals surface area contributed by atoms with Crippen LogP contribution in [0.2, 0.25) is 13.3 Å². The predicted octanol–water partition coefficient (Wildman–Crippen LogP) is 5.69. The standard InChI is InChI=1S/C7H4FO.3C4H9.Sn/c8-7-4-2-1-3-6(7)5-9;3*1-3-4-2;/h1,3-5H;3*1,3-4H2,2H3;. The van der Waals surface area contributed by atoms with Crippen molar-refractivity contribution in [2.24, 2.45) is 0 Å². The van der Waals surface area contributed by atoms with Gasteiger partial charge in [-0.15, -0.1) is 0 Å². The minimum atomic E-state index is -2.54. The molecule has 0 amide bonds. The minimum absolute atomic E-state index is 0.199. The molecule has 0 saturated carbocycles. The number of aldehydes is 1. The van der Waals surface area contributed by atoms with E-state index in [0.717, 1.165) is 0 Å². The van der Waals surface area contributed by atoms with Crippen molar-refractivity contribution in [2.45, 2.75) is 72.6 Å². The summed E-state index contributed by atoms with van der Waals surface area (Å²) in [6, 6.07) is 5.48. The molecule has 1 aromatic carbocycles. The third-order valence-electron chi connectivity index (χ3n) is 4.77. The Kier molecular flexibility index (Phi) is 9.30. The fourth-order valence-electron chi connectivity index (χ4n) is 3.31. The molecule has 1 nitrogen and oxygen atoms in total. The first-order chi connectivity index (χ1) is 10.6. The number of unbranched alkanes of at least 4 members (excludes halogenated alkanes) is 3. The molecule has 0 saturated heterocycles. The van der Waals surface area contributed by atoms with E-state index in [2.05, 4.69) is 26.8 Å². The number of carbonyl (C=O) groups excluding carboxylic acids is 1. The van der Waals surface area contributed by atoms with Gasteiger partial charge in [-0.25, -0.2) is 0 Å². The first-order valence-electron chi connectivity index (χ1n) is 8.88. The summed E-state index contributed by atoms with van der Waals surface area (Å²) in [5, 5.41) is 0. The molecule has 0 bridgehead atoms. The first-order valence-corrected chi connectivity index (χ1v) is 16.4. The molecular weight excluding hydrogens is 382 g/mol. The molecule has 1 rings (SSSR count). The number of rotatable bonds is 11. The molecule has 0 aliphatic carbocycles. The Morgan fingerprint density at radius 2 is 1.45 bits per heavy atom. The molecule has 0 aromatic heterocycles. The Hall–Kier alpha value is -0.381. The van der Waals surface area contributed by atoms with Crippen molar-refractivity contribution in [1.82, 2.24) is 0 Å². The van der Waals surface area contributed by atoms with Gasteiger partial charge in [0, 0.05) is 0 Å². The van der Waals surface area contributed by atoms with Crippen molar-refractivity contribution in [3.63, 3.8) is 0 Å². The monoisotopic (exact) mass is 414 g/mol. The summed E-state index contributed by atoms with van der Waals surface area (Å²) in [6.45, 7) is 6.73. The van der Waals surface area contributed by atoms with Gasteiger partial charge in [-0.1, -0.05) is 0 Å². The van der Waals surface area contributed by atoms with Crippen molar-refractivity contribution in [3.8, 4) is 0 Å². The van der Waals surface area contributed by atoms with E-state index in [1.807, 2.05) is 0 Å². The zero-order chi connectivity index (χ0) is 16.4. The maximum atomic E-state index is 14.1. The zero-order valence-electron chi connectivity index (χ0n) is 14.5. The molecule has 0 radical (unpaired) electrons. The fourth-order valence-corrected chi connectivity index (χ4v) is 19.2. The van der Waals surface area contributed by atoms with Crippen LogP contribution in [0.15, 0.2) is 18.2 Å². The van der Waals surface area contributed by atoms with E-state index in [1.165, 1.54) is 55.4 Å². The Balaban J connectivity index is 3.18. The number of benzene rings is 1. The summed E-state index contributed by atoms with van der Waals surface area (Å²) in [5.41, 5.74) is 0.199. The van der Waals surface area contributed by atoms with Gasteiger partial charge >= 0.3 is 140 Å². The summed E-state index contributed by atoms with van der Waals surface area (Å²) < 4.78 is 19.4. The average Bonchev–Trinajstić information content (AvgIpc) is 2.54. The van der Waals surface area contributed by atoms with Crippen LogP contribution in [0.1, 0.15) is 69.7 Å². The van der Waals surface area contributed by atoms with Gasteiger partial charge in [0.25, 0.3) is 0 Å². The summed E-state index contributed by atoms with van der Waals surface area (Å²) in [7, 11) is 0. The second-order valence-electron chi connectivity index (χ2n) is 6.45. The zero-order valence-corrected chi connectivity index (χ0v) is 17.3. The van der Waals surface area contributed by atoms with Crippen LogP contribution in [0.25, 0.3) is 0 Å². The van der Waals surface area contributed by atoms with E-state index < -0.39 is 18.4 Å². The maximum absolute atomic E-state index is 14.1. The van der Waals surface area contributed by atoms with E-state index in [4.69, 9.17) is 0 Å². The topological polar surface area (TPSA) is 17.1 Å². The van der Waals surface area contributed by atoms with Crippen LogP contribution in [-0.2, 0) is 0 Å². The van der Waals surface area contributed by atoms with Crippen LogP contribution in [-0.4, -0.2) is 24.7 Å². The van der Waals surface area contributed by atoms with Crippen LogP contribution >= 0.6 is 0 Å². The second-order valence-corrected chi connectivity index (χ2v) is 19.7. The summed E-state index contributed by atoms with van der Waals surface area (Å²) >= 11 is -2.54. The van der Waals surface area contributed by atoms with Crippen LogP contribution in [0.3, 0.4) is 0 Å². The van der Waals surface area contributed by atoms with Gasteiger partial charge in [0.15, 0.2) is 0 Å². The quantitative estimate of drug-likeness (QED) is 0.336. The molecule has 1 aromatic rings. The Morgan fingerprint density at radius 1 is 0.955 bits per heavy atom. The predicted molar refractivity (Wildman–Crippen MR) is 96.3 cm³/mol. The summed E-state index contributed by atoms with van der Waals surface area (Å²) in [6.07, 6.45) is 8.06. The molecule has 0 aliphatic heterocycles. The molecule has 3 heteroatoms. The second kappa shape index (κ2) is 10.4. The normalized spacial score (nSPS) is 11.6. The van der Waals surface area contributed by atoms with Crippen LogP contribution in [0.4, 0.5) is 4.39 Å². The van der Waals surface area contributed by atoms with Gasteiger partial charge < -0.3 is 0 Å². The van der Waals surface area contributed by atoms with Gasteiger partial charge in [-0.3, -0.25) is 0 Å². The molecule has 0 heterocycles. The van der Waals surface area contributed by atoms with Gasteiger partial charge in [-0.2, -0.15) is 0 Å². The van der Waals surface area contributed by atoms with Crippen LogP contribution in [0, 0.1) is 5.82 Å². The molecule has 0 fully saturated rings. The number of hydrogen-bond donors (Lipinski definition) is 0. The van der Waals surface area contributed by atoms with E-state index in [0.29, 0.717) is 6.29 Å².